The summed E-state index contributed by atoms with van der Waals surface area (Å²) in [5, 5.41) is 4.95. The lowest BCUT2D eigenvalue weighted by atomic mass is 10.0. The number of aromatic nitrogens is 3. The van der Waals surface area contributed by atoms with Gasteiger partial charge in [-0.2, -0.15) is 0 Å². The molecule has 11 rings (SSSR count). The van der Waals surface area contributed by atoms with E-state index in [2.05, 4.69) is 222 Å². The Hall–Kier alpha value is -7.69. The van der Waals surface area contributed by atoms with E-state index >= 15 is 0 Å². The summed E-state index contributed by atoms with van der Waals surface area (Å²) in [6, 6.07) is 70.4. The smallest absolute Gasteiger partial charge is 0.0541 e. The maximum atomic E-state index is 4.87. The van der Waals surface area contributed by atoms with E-state index in [0.717, 1.165) is 50.7 Å². The molecule has 280 valence electrons. The van der Waals surface area contributed by atoms with E-state index in [1.54, 1.807) is 0 Å². The number of nitrogens with zero attached hydrogens (tertiary/aromatic N) is 4. The van der Waals surface area contributed by atoms with Gasteiger partial charge in [-0.25, -0.2) is 0 Å². The summed E-state index contributed by atoms with van der Waals surface area (Å²) in [5.74, 6) is 0. The van der Waals surface area contributed by atoms with Crippen molar-refractivity contribution in [3.8, 4) is 33.6 Å². The Morgan fingerprint density at radius 1 is 0.339 bits per heavy atom. The molecule has 0 aliphatic rings. The molecule has 4 heteroatoms. The van der Waals surface area contributed by atoms with Crippen LogP contribution < -0.4 is 4.90 Å². The highest BCUT2D eigenvalue weighted by atomic mass is 15.1. The Bertz CT molecular complexity index is 3050. The van der Waals surface area contributed by atoms with Crippen LogP contribution >= 0.6 is 0 Å². The van der Waals surface area contributed by atoms with E-state index < -0.39 is 0 Å². The standard InChI is InChI=1S/C55H40N4/c1-37-19-25-43(26-20-37)57(44-27-21-38(2)22-28-44)45-29-23-39(24-30-45)41-31-42(36-56-35-41)40-32-46(58-52-15-7-3-11-48(52)49-12-4-8-16-53(49)58)34-47(33-40)59-54-17-9-5-13-50(54)51-14-6-10-18-55(51)59/h3-36H,1-2H3. The molecule has 0 unspecified atom stereocenters. The van der Waals surface area contributed by atoms with Gasteiger partial charge in [-0.15, -0.1) is 0 Å². The topological polar surface area (TPSA) is 26.0 Å². The highest BCUT2D eigenvalue weighted by Gasteiger charge is 2.18. The molecule has 0 radical (unpaired) electrons. The Morgan fingerprint density at radius 3 is 1.10 bits per heavy atom. The summed E-state index contributed by atoms with van der Waals surface area (Å²) in [5.41, 5.74) is 17.0. The van der Waals surface area contributed by atoms with Crippen molar-refractivity contribution < 1.29 is 0 Å². The van der Waals surface area contributed by atoms with E-state index in [9.17, 15) is 0 Å². The first kappa shape index (κ1) is 34.5. The third-order valence-corrected chi connectivity index (χ3v) is 11.7. The van der Waals surface area contributed by atoms with E-state index in [4.69, 9.17) is 4.98 Å². The summed E-state index contributed by atoms with van der Waals surface area (Å²) in [6.07, 6.45) is 3.97. The number of pyridine rings is 1. The van der Waals surface area contributed by atoms with Crippen LogP contribution in [0.2, 0.25) is 0 Å². The van der Waals surface area contributed by atoms with Gasteiger partial charge < -0.3 is 14.0 Å². The van der Waals surface area contributed by atoms with Gasteiger partial charge in [0.15, 0.2) is 0 Å². The Morgan fingerprint density at radius 2 is 0.695 bits per heavy atom. The summed E-state index contributed by atoms with van der Waals surface area (Å²) in [7, 11) is 0. The lowest BCUT2D eigenvalue weighted by Gasteiger charge is -2.26. The minimum atomic E-state index is 1.05. The molecule has 0 aliphatic heterocycles. The zero-order chi connectivity index (χ0) is 39.5. The van der Waals surface area contributed by atoms with Crippen LogP contribution in [0.4, 0.5) is 17.1 Å². The predicted molar refractivity (Wildman–Crippen MR) is 248 cm³/mol. The number of benzene rings is 8. The summed E-state index contributed by atoms with van der Waals surface area (Å²) < 4.78 is 4.82. The van der Waals surface area contributed by atoms with Gasteiger partial charge in [-0.1, -0.05) is 120 Å². The van der Waals surface area contributed by atoms with Gasteiger partial charge in [-0.3, -0.25) is 4.98 Å². The predicted octanol–water partition coefficient (Wildman–Crippen LogP) is 14.7. The van der Waals surface area contributed by atoms with Crippen LogP contribution in [0.15, 0.2) is 207 Å². The van der Waals surface area contributed by atoms with Crippen LogP contribution in [0.25, 0.3) is 77.2 Å². The largest absolute Gasteiger partial charge is 0.311 e. The lowest BCUT2D eigenvalue weighted by molar-refractivity contribution is 1.13. The Labute approximate surface area is 343 Å². The third kappa shape index (κ3) is 5.96. The van der Waals surface area contributed by atoms with Gasteiger partial charge in [0.2, 0.25) is 0 Å². The summed E-state index contributed by atoms with van der Waals surface area (Å²) >= 11 is 0. The molecule has 59 heavy (non-hydrogen) atoms. The summed E-state index contributed by atoms with van der Waals surface area (Å²) in [6.45, 7) is 4.26. The zero-order valence-corrected chi connectivity index (χ0v) is 32.9. The van der Waals surface area contributed by atoms with Gasteiger partial charge >= 0.3 is 0 Å². The fraction of sp³-hybridized carbons (Fsp3) is 0.0364. The molecule has 4 nitrogen and oxygen atoms in total. The molecular weight excluding hydrogens is 717 g/mol. The van der Waals surface area contributed by atoms with Crippen molar-refractivity contribution in [1.82, 2.24) is 14.1 Å². The normalized spacial score (nSPS) is 11.6. The average molecular weight is 757 g/mol. The van der Waals surface area contributed by atoms with Crippen LogP contribution in [-0.4, -0.2) is 14.1 Å². The van der Waals surface area contributed by atoms with Gasteiger partial charge in [0.05, 0.1) is 22.1 Å². The number of rotatable bonds is 7. The molecule has 11 aromatic rings. The molecule has 0 amide bonds. The van der Waals surface area contributed by atoms with Gasteiger partial charge in [0.1, 0.15) is 0 Å². The van der Waals surface area contributed by atoms with Crippen LogP contribution in [0.5, 0.6) is 0 Å². The summed E-state index contributed by atoms with van der Waals surface area (Å²) in [4.78, 5) is 7.18. The molecule has 0 fully saturated rings. The number of fused-ring (bicyclic) bond motifs is 6. The van der Waals surface area contributed by atoms with Crippen molar-refractivity contribution in [1.29, 1.82) is 0 Å². The molecule has 0 spiro atoms. The van der Waals surface area contributed by atoms with Gasteiger partial charge in [0.25, 0.3) is 0 Å². The van der Waals surface area contributed by atoms with Gasteiger partial charge in [0, 0.05) is 73.5 Å². The van der Waals surface area contributed by atoms with Crippen LogP contribution in [0.1, 0.15) is 11.1 Å². The van der Waals surface area contributed by atoms with Crippen molar-refractivity contribution in [2.24, 2.45) is 0 Å². The highest BCUT2D eigenvalue weighted by molar-refractivity contribution is 6.10. The Balaban J connectivity index is 1.07. The first-order valence-corrected chi connectivity index (χ1v) is 20.2. The van der Waals surface area contributed by atoms with E-state index in [1.165, 1.54) is 54.7 Å². The van der Waals surface area contributed by atoms with E-state index in [0.29, 0.717) is 0 Å². The second-order valence-electron chi connectivity index (χ2n) is 15.5. The minimum absolute atomic E-state index is 1.05. The molecule has 0 saturated heterocycles. The number of para-hydroxylation sites is 4. The van der Waals surface area contributed by atoms with Crippen molar-refractivity contribution in [3.05, 3.63) is 218 Å². The number of hydrogen-bond acceptors (Lipinski definition) is 2. The van der Waals surface area contributed by atoms with Crippen LogP contribution in [0.3, 0.4) is 0 Å². The fourth-order valence-corrected chi connectivity index (χ4v) is 8.81. The van der Waals surface area contributed by atoms with E-state index in [1.807, 2.05) is 12.4 Å². The average Bonchev–Trinajstić information content (AvgIpc) is 3.81. The molecule has 0 N–H and O–H groups in total. The van der Waals surface area contributed by atoms with Gasteiger partial charge in [-0.05, 0) is 110 Å². The SMILES string of the molecule is Cc1ccc(N(c2ccc(C)cc2)c2ccc(-c3cncc(-c4cc(-n5c6ccccc6c6ccccc65)cc(-n5c6ccccc6c6ccccc65)c4)c3)cc2)cc1. The van der Waals surface area contributed by atoms with Crippen molar-refractivity contribution >= 4 is 60.7 Å². The van der Waals surface area contributed by atoms with Crippen molar-refractivity contribution in [2.45, 2.75) is 13.8 Å². The van der Waals surface area contributed by atoms with Crippen LogP contribution in [-0.2, 0) is 0 Å². The monoisotopic (exact) mass is 756 g/mol. The highest BCUT2D eigenvalue weighted by Crippen LogP contribution is 2.39. The molecule has 8 aromatic carbocycles. The molecule has 3 heterocycles. The second-order valence-corrected chi connectivity index (χ2v) is 15.5. The zero-order valence-electron chi connectivity index (χ0n) is 32.9. The molecular formula is C55H40N4. The van der Waals surface area contributed by atoms with E-state index in [-0.39, 0.29) is 0 Å². The third-order valence-electron chi connectivity index (χ3n) is 11.7. The molecule has 0 bridgehead atoms. The van der Waals surface area contributed by atoms with Crippen molar-refractivity contribution in [3.63, 3.8) is 0 Å². The first-order valence-electron chi connectivity index (χ1n) is 20.2. The molecule has 0 aliphatic carbocycles. The number of anilines is 3. The molecule has 0 saturated carbocycles. The maximum Gasteiger partial charge on any atom is 0.0541 e. The number of hydrogen-bond donors (Lipinski definition) is 0. The Kier molecular flexibility index (Phi) is 8.23. The quantitative estimate of drug-likeness (QED) is 0.162. The van der Waals surface area contributed by atoms with Crippen LogP contribution in [0, 0.1) is 13.8 Å². The second kappa shape index (κ2) is 14.0. The first-order chi connectivity index (χ1) is 29.1. The number of aryl methyl sites for hydroxylation is 2. The minimum Gasteiger partial charge on any atom is -0.311 e. The van der Waals surface area contributed by atoms with Crippen molar-refractivity contribution in [2.75, 3.05) is 4.90 Å². The fourth-order valence-electron chi connectivity index (χ4n) is 8.81. The molecule has 3 aromatic heterocycles. The molecule has 0 atom stereocenters. The lowest BCUT2D eigenvalue weighted by Crippen LogP contribution is -2.09. The maximum absolute atomic E-state index is 4.87.